The molecule has 0 aliphatic carbocycles. The standard InChI is InChI=1S/C16H21N7/c1-10(2-4-21-16(18)19)12-7-22-15-14(12)13(3-5-20-15)23-8-11(6-17)9-23/h2-5,7,11H,1,6,8-9,17H2,(H,20,22)(H4,18,19,21)/b4-2-. The lowest BCUT2D eigenvalue weighted by Gasteiger charge is -2.41. The Labute approximate surface area is 134 Å². The summed E-state index contributed by atoms with van der Waals surface area (Å²) in [5.41, 5.74) is 20.1. The smallest absolute Gasteiger partial charge is 0.190 e. The van der Waals surface area contributed by atoms with E-state index in [0.717, 1.165) is 47.5 Å². The summed E-state index contributed by atoms with van der Waals surface area (Å²) >= 11 is 0. The molecule has 23 heavy (non-hydrogen) atoms. The number of guanidine groups is 1. The molecule has 2 aromatic rings. The summed E-state index contributed by atoms with van der Waals surface area (Å²) < 4.78 is 0. The second kappa shape index (κ2) is 6.13. The van der Waals surface area contributed by atoms with E-state index >= 15 is 0 Å². The third-order valence-electron chi connectivity index (χ3n) is 4.03. The Kier molecular flexibility index (Phi) is 4.03. The van der Waals surface area contributed by atoms with Crippen LogP contribution >= 0.6 is 0 Å². The van der Waals surface area contributed by atoms with Crippen molar-refractivity contribution in [1.29, 1.82) is 0 Å². The van der Waals surface area contributed by atoms with Crippen LogP contribution in [0.1, 0.15) is 5.56 Å². The summed E-state index contributed by atoms with van der Waals surface area (Å²) in [5, 5.41) is 1.06. The maximum Gasteiger partial charge on any atom is 0.190 e. The highest BCUT2D eigenvalue weighted by atomic mass is 15.2. The van der Waals surface area contributed by atoms with Crippen LogP contribution in [0.4, 0.5) is 5.69 Å². The summed E-state index contributed by atoms with van der Waals surface area (Å²) in [6.45, 7) is 6.75. The summed E-state index contributed by atoms with van der Waals surface area (Å²) in [4.78, 5) is 13.7. The average molecular weight is 311 g/mol. The monoisotopic (exact) mass is 311 g/mol. The molecule has 0 aromatic carbocycles. The Morgan fingerprint density at radius 2 is 2.26 bits per heavy atom. The number of anilines is 1. The van der Waals surface area contributed by atoms with Crippen molar-refractivity contribution in [2.45, 2.75) is 0 Å². The van der Waals surface area contributed by atoms with E-state index in [1.807, 2.05) is 18.5 Å². The number of aliphatic imine (C=N–C) groups is 1. The molecule has 0 spiro atoms. The van der Waals surface area contributed by atoms with Crippen LogP contribution in [0.3, 0.4) is 0 Å². The van der Waals surface area contributed by atoms with E-state index in [0.29, 0.717) is 5.92 Å². The van der Waals surface area contributed by atoms with E-state index in [2.05, 4.69) is 26.4 Å². The predicted octanol–water partition coefficient (Wildman–Crippen LogP) is 0.758. The highest BCUT2D eigenvalue weighted by Crippen LogP contribution is 2.35. The molecule has 0 atom stereocenters. The second-order valence-electron chi connectivity index (χ2n) is 5.66. The first-order valence-electron chi connectivity index (χ1n) is 7.45. The van der Waals surface area contributed by atoms with Gasteiger partial charge in [-0.2, -0.15) is 0 Å². The Morgan fingerprint density at radius 1 is 1.48 bits per heavy atom. The zero-order valence-electron chi connectivity index (χ0n) is 12.9. The molecule has 0 bridgehead atoms. The summed E-state index contributed by atoms with van der Waals surface area (Å²) in [6.07, 6.45) is 7.04. The number of nitrogens with one attached hydrogen (secondary N) is 1. The van der Waals surface area contributed by atoms with Crippen molar-refractivity contribution in [1.82, 2.24) is 9.97 Å². The first-order valence-corrected chi connectivity index (χ1v) is 7.45. The molecular formula is C16H21N7. The summed E-state index contributed by atoms with van der Waals surface area (Å²) in [7, 11) is 0. The fourth-order valence-electron chi connectivity index (χ4n) is 2.77. The number of rotatable bonds is 5. The lowest BCUT2D eigenvalue weighted by atomic mass is 9.97. The minimum Gasteiger partial charge on any atom is -0.370 e. The van der Waals surface area contributed by atoms with Gasteiger partial charge in [-0.3, -0.25) is 0 Å². The third kappa shape index (κ3) is 2.91. The Balaban J connectivity index is 1.94. The number of nitrogens with zero attached hydrogens (tertiary/aromatic N) is 3. The van der Waals surface area contributed by atoms with E-state index < -0.39 is 0 Å². The molecule has 1 saturated heterocycles. The number of hydrogen-bond acceptors (Lipinski definition) is 4. The lowest BCUT2D eigenvalue weighted by Crippen LogP contribution is -2.50. The van der Waals surface area contributed by atoms with Gasteiger partial charge >= 0.3 is 0 Å². The number of aromatic amines is 1. The van der Waals surface area contributed by atoms with Crippen LogP contribution in [-0.4, -0.2) is 35.6 Å². The molecule has 0 amide bonds. The van der Waals surface area contributed by atoms with Gasteiger partial charge in [0.1, 0.15) is 5.65 Å². The lowest BCUT2D eigenvalue weighted by molar-refractivity contribution is 0.421. The first-order chi connectivity index (χ1) is 11.1. The van der Waals surface area contributed by atoms with Gasteiger partial charge in [0.25, 0.3) is 0 Å². The molecule has 3 heterocycles. The maximum atomic E-state index is 5.72. The SMILES string of the molecule is C=C(/C=C\N=C(N)N)c1c[nH]c2nccc(N3CC(CN)C3)c12. The first kappa shape index (κ1) is 15.1. The van der Waals surface area contributed by atoms with Gasteiger partial charge in [0.05, 0.1) is 0 Å². The normalized spacial score (nSPS) is 15.1. The van der Waals surface area contributed by atoms with E-state index in [1.165, 1.54) is 0 Å². The molecule has 7 N–H and O–H groups in total. The van der Waals surface area contributed by atoms with Crippen molar-refractivity contribution >= 4 is 28.3 Å². The molecule has 120 valence electrons. The highest BCUT2D eigenvalue weighted by molar-refractivity contribution is 6.01. The van der Waals surface area contributed by atoms with Crippen LogP contribution in [0.25, 0.3) is 16.6 Å². The third-order valence-corrected chi connectivity index (χ3v) is 4.03. The number of fused-ring (bicyclic) bond motifs is 1. The van der Waals surface area contributed by atoms with Crippen LogP contribution in [0.5, 0.6) is 0 Å². The molecule has 1 fully saturated rings. The van der Waals surface area contributed by atoms with Crippen LogP contribution in [-0.2, 0) is 0 Å². The molecule has 7 nitrogen and oxygen atoms in total. The molecular weight excluding hydrogens is 290 g/mol. The minimum atomic E-state index is 0.0173. The van der Waals surface area contributed by atoms with E-state index in [1.54, 1.807) is 12.3 Å². The molecule has 1 aliphatic rings. The molecule has 3 rings (SSSR count). The fraction of sp³-hybridized carbons (Fsp3) is 0.250. The molecule has 1 aliphatic heterocycles. The van der Waals surface area contributed by atoms with Crippen molar-refractivity contribution in [3.63, 3.8) is 0 Å². The quantitative estimate of drug-likeness (QED) is 0.369. The zero-order chi connectivity index (χ0) is 16.4. The van der Waals surface area contributed by atoms with Crippen molar-refractivity contribution in [2.24, 2.45) is 28.1 Å². The van der Waals surface area contributed by atoms with Crippen molar-refractivity contribution in [3.05, 3.63) is 42.9 Å². The van der Waals surface area contributed by atoms with Gasteiger partial charge in [-0.25, -0.2) is 9.98 Å². The van der Waals surface area contributed by atoms with Crippen LogP contribution in [0, 0.1) is 5.92 Å². The van der Waals surface area contributed by atoms with Gasteiger partial charge in [0.2, 0.25) is 0 Å². The minimum absolute atomic E-state index is 0.0173. The van der Waals surface area contributed by atoms with Gasteiger partial charge in [-0.15, -0.1) is 0 Å². The number of pyridine rings is 1. The molecule has 0 unspecified atom stereocenters. The Hall–Kier alpha value is -2.80. The largest absolute Gasteiger partial charge is 0.370 e. The average Bonchev–Trinajstić information content (AvgIpc) is 2.90. The molecule has 0 saturated carbocycles. The maximum absolute atomic E-state index is 5.72. The van der Waals surface area contributed by atoms with Crippen LogP contribution < -0.4 is 22.1 Å². The summed E-state index contributed by atoms with van der Waals surface area (Å²) in [6, 6.07) is 2.03. The number of nitrogens with two attached hydrogens (primary N) is 3. The van der Waals surface area contributed by atoms with Gasteiger partial charge < -0.3 is 27.1 Å². The molecule has 2 aromatic heterocycles. The fourth-order valence-corrected chi connectivity index (χ4v) is 2.77. The number of allylic oxidation sites excluding steroid dienone is 2. The van der Waals surface area contributed by atoms with Gasteiger partial charge in [0, 0.05) is 54.2 Å². The Morgan fingerprint density at radius 3 is 2.96 bits per heavy atom. The summed E-state index contributed by atoms with van der Waals surface area (Å²) in [5.74, 6) is 0.578. The second-order valence-corrected chi connectivity index (χ2v) is 5.66. The van der Waals surface area contributed by atoms with E-state index in [-0.39, 0.29) is 5.96 Å². The zero-order valence-corrected chi connectivity index (χ0v) is 12.9. The Bertz CT molecular complexity index is 777. The number of aromatic nitrogens is 2. The van der Waals surface area contributed by atoms with Crippen molar-refractivity contribution < 1.29 is 0 Å². The van der Waals surface area contributed by atoms with Gasteiger partial charge in [0.15, 0.2) is 5.96 Å². The topological polar surface area (TPSA) is 122 Å². The van der Waals surface area contributed by atoms with E-state index in [9.17, 15) is 0 Å². The van der Waals surface area contributed by atoms with Gasteiger partial charge in [-0.05, 0) is 24.3 Å². The van der Waals surface area contributed by atoms with Crippen LogP contribution in [0.15, 0.2) is 42.3 Å². The molecule has 0 radical (unpaired) electrons. The van der Waals surface area contributed by atoms with E-state index in [4.69, 9.17) is 17.2 Å². The van der Waals surface area contributed by atoms with Crippen molar-refractivity contribution in [3.8, 4) is 0 Å². The van der Waals surface area contributed by atoms with Gasteiger partial charge in [-0.1, -0.05) is 6.58 Å². The number of hydrogen-bond donors (Lipinski definition) is 4. The van der Waals surface area contributed by atoms with Crippen molar-refractivity contribution in [2.75, 3.05) is 24.5 Å². The predicted molar refractivity (Wildman–Crippen MR) is 94.8 cm³/mol. The molecule has 7 heteroatoms. The van der Waals surface area contributed by atoms with Crippen LogP contribution in [0.2, 0.25) is 0 Å². The number of H-pyrrole nitrogens is 1. The highest BCUT2D eigenvalue weighted by Gasteiger charge is 2.27.